The van der Waals surface area contributed by atoms with Crippen LogP contribution in [0.3, 0.4) is 0 Å². The van der Waals surface area contributed by atoms with Crippen LogP contribution < -0.4 is 10.1 Å². The summed E-state index contributed by atoms with van der Waals surface area (Å²) in [5, 5.41) is 1.88. The number of methoxy groups -OCH3 is 1. The molecule has 1 amide bonds. The molecular formula is C17H16F3NO2S. The number of nitrogens with one attached hydrogen (secondary N) is 1. The third-order valence-corrected chi connectivity index (χ3v) is 4.48. The van der Waals surface area contributed by atoms with Gasteiger partial charge in [-0.15, -0.1) is 11.8 Å². The van der Waals surface area contributed by atoms with Gasteiger partial charge >= 0.3 is 0 Å². The van der Waals surface area contributed by atoms with E-state index in [1.165, 1.54) is 37.1 Å². The number of carbonyl (C=O) groups is 1. The second-order valence-corrected chi connectivity index (χ2v) is 6.35. The lowest BCUT2D eigenvalue weighted by Gasteiger charge is -2.14. The Kier molecular flexibility index (Phi) is 6.14. The standard InChI is InChI=1S/C17H16F3NO2S/c1-10(17(22)21-15-5-3-13(19)8-14(15)20)24-9-11-7-12(18)4-6-16(11)23-2/h3-8,10H,9H2,1-2H3,(H,21,22). The molecule has 3 nitrogen and oxygen atoms in total. The van der Waals surface area contributed by atoms with Crippen LogP contribution in [0.5, 0.6) is 5.75 Å². The van der Waals surface area contributed by atoms with Crippen molar-refractivity contribution in [3.63, 3.8) is 0 Å². The Balaban J connectivity index is 1.98. The lowest BCUT2D eigenvalue weighted by molar-refractivity contribution is -0.115. The molecule has 1 N–H and O–H groups in total. The molecule has 0 saturated heterocycles. The van der Waals surface area contributed by atoms with Crippen molar-refractivity contribution in [3.05, 3.63) is 59.4 Å². The van der Waals surface area contributed by atoms with E-state index in [-0.39, 0.29) is 5.69 Å². The molecular weight excluding hydrogens is 339 g/mol. The molecule has 0 heterocycles. The molecule has 1 atom stereocenters. The summed E-state index contributed by atoms with van der Waals surface area (Å²) in [6.45, 7) is 1.65. The average molecular weight is 355 g/mol. The Hall–Kier alpha value is -2.15. The van der Waals surface area contributed by atoms with Crippen LogP contribution in [0.4, 0.5) is 18.9 Å². The number of amides is 1. The minimum absolute atomic E-state index is 0.0859. The second-order valence-electron chi connectivity index (χ2n) is 5.02. The number of thioether (sulfide) groups is 1. The molecule has 1 unspecified atom stereocenters. The first-order valence-electron chi connectivity index (χ1n) is 7.10. The van der Waals surface area contributed by atoms with Crippen LogP contribution in [0.1, 0.15) is 12.5 Å². The molecule has 24 heavy (non-hydrogen) atoms. The number of hydrogen-bond donors (Lipinski definition) is 1. The molecule has 128 valence electrons. The molecule has 0 bridgehead atoms. The summed E-state index contributed by atoms with van der Waals surface area (Å²) in [7, 11) is 1.48. The van der Waals surface area contributed by atoms with Crippen molar-refractivity contribution in [1.82, 2.24) is 0 Å². The van der Waals surface area contributed by atoms with Crippen molar-refractivity contribution in [3.8, 4) is 5.75 Å². The van der Waals surface area contributed by atoms with Crippen molar-refractivity contribution < 1.29 is 22.7 Å². The van der Waals surface area contributed by atoms with Gasteiger partial charge in [-0.3, -0.25) is 4.79 Å². The van der Waals surface area contributed by atoms with Crippen molar-refractivity contribution in [2.75, 3.05) is 12.4 Å². The van der Waals surface area contributed by atoms with Crippen LogP contribution in [-0.2, 0) is 10.5 Å². The van der Waals surface area contributed by atoms with Gasteiger partial charge < -0.3 is 10.1 Å². The van der Waals surface area contributed by atoms with Gasteiger partial charge in [-0.2, -0.15) is 0 Å². The number of ether oxygens (including phenoxy) is 1. The molecule has 0 aliphatic carbocycles. The number of hydrogen-bond acceptors (Lipinski definition) is 3. The summed E-state index contributed by atoms with van der Waals surface area (Å²) in [6, 6.07) is 7.08. The third kappa shape index (κ3) is 4.67. The predicted octanol–water partition coefficient (Wildman–Crippen LogP) is 4.37. The topological polar surface area (TPSA) is 38.3 Å². The van der Waals surface area contributed by atoms with Crippen molar-refractivity contribution >= 4 is 23.4 Å². The zero-order valence-electron chi connectivity index (χ0n) is 13.1. The first-order chi connectivity index (χ1) is 11.4. The lowest BCUT2D eigenvalue weighted by Crippen LogP contribution is -2.23. The molecule has 0 spiro atoms. The van der Waals surface area contributed by atoms with Gasteiger partial charge in [0.15, 0.2) is 0 Å². The maximum atomic E-state index is 13.5. The highest BCUT2D eigenvalue weighted by molar-refractivity contribution is 7.99. The van der Waals surface area contributed by atoms with E-state index in [0.717, 1.165) is 12.1 Å². The highest BCUT2D eigenvalue weighted by Gasteiger charge is 2.17. The molecule has 0 saturated carbocycles. The van der Waals surface area contributed by atoms with E-state index in [0.29, 0.717) is 23.1 Å². The van der Waals surface area contributed by atoms with Crippen LogP contribution in [0.15, 0.2) is 36.4 Å². The van der Waals surface area contributed by atoms with E-state index < -0.39 is 28.6 Å². The first-order valence-corrected chi connectivity index (χ1v) is 8.15. The van der Waals surface area contributed by atoms with Gasteiger partial charge in [0.2, 0.25) is 5.91 Å². The lowest BCUT2D eigenvalue weighted by atomic mass is 10.2. The van der Waals surface area contributed by atoms with Crippen LogP contribution in [-0.4, -0.2) is 18.3 Å². The molecule has 7 heteroatoms. The summed E-state index contributed by atoms with van der Waals surface area (Å²) in [6.07, 6.45) is 0. The highest BCUT2D eigenvalue weighted by Crippen LogP contribution is 2.27. The summed E-state index contributed by atoms with van der Waals surface area (Å²) < 4.78 is 44.9. The highest BCUT2D eigenvalue weighted by atomic mass is 32.2. The third-order valence-electron chi connectivity index (χ3n) is 3.29. The first kappa shape index (κ1) is 18.2. The Morgan fingerprint density at radius 2 is 1.83 bits per heavy atom. The maximum absolute atomic E-state index is 13.5. The fourth-order valence-corrected chi connectivity index (χ4v) is 2.84. The zero-order chi connectivity index (χ0) is 17.7. The van der Waals surface area contributed by atoms with Crippen LogP contribution in [0, 0.1) is 17.5 Å². The fraction of sp³-hybridized carbons (Fsp3) is 0.235. The molecule has 0 radical (unpaired) electrons. The smallest absolute Gasteiger partial charge is 0.237 e. The van der Waals surface area contributed by atoms with E-state index in [2.05, 4.69) is 5.32 Å². The van der Waals surface area contributed by atoms with Crippen molar-refractivity contribution in [2.24, 2.45) is 0 Å². The van der Waals surface area contributed by atoms with Gasteiger partial charge in [0, 0.05) is 17.4 Å². The maximum Gasteiger partial charge on any atom is 0.237 e. The van der Waals surface area contributed by atoms with Gasteiger partial charge in [-0.25, -0.2) is 13.2 Å². The van der Waals surface area contributed by atoms with Crippen LogP contribution in [0.25, 0.3) is 0 Å². The minimum Gasteiger partial charge on any atom is -0.496 e. The van der Waals surface area contributed by atoms with Gasteiger partial charge in [-0.1, -0.05) is 0 Å². The Morgan fingerprint density at radius 3 is 2.50 bits per heavy atom. The molecule has 0 aromatic heterocycles. The van der Waals surface area contributed by atoms with E-state index in [1.54, 1.807) is 6.92 Å². The number of halogens is 3. The molecule has 2 aromatic rings. The monoisotopic (exact) mass is 355 g/mol. The summed E-state index contributed by atoms with van der Waals surface area (Å²) in [5.41, 5.74) is 0.535. The quantitative estimate of drug-likeness (QED) is 0.836. The van der Waals surface area contributed by atoms with Crippen LogP contribution in [0.2, 0.25) is 0 Å². The summed E-state index contributed by atoms with van der Waals surface area (Å²) in [5.74, 6) is -1.50. The van der Waals surface area contributed by atoms with Crippen LogP contribution >= 0.6 is 11.8 Å². The summed E-state index contributed by atoms with van der Waals surface area (Å²) in [4.78, 5) is 12.1. The Labute approximate surface area is 142 Å². The van der Waals surface area contributed by atoms with E-state index in [9.17, 15) is 18.0 Å². The zero-order valence-corrected chi connectivity index (χ0v) is 13.9. The van der Waals surface area contributed by atoms with E-state index in [4.69, 9.17) is 4.74 Å². The minimum atomic E-state index is -0.840. The Bertz CT molecular complexity index is 740. The van der Waals surface area contributed by atoms with E-state index >= 15 is 0 Å². The van der Waals surface area contributed by atoms with Gasteiger partial charge in [0.05, 0.1) is 18.0 Å². The number of rotatable bonds is 6. The molecule has 0 aliphatic rings. The molecule has 0 aliphatic heterocycles. The largest absolute Gasteiger partial charge is 0.496 e. The number of anilines is 1. The normalized spacial score (nSPS) is 11.9. The Morgan fingerprint density at radius 1 is 1.17 bits per heavy atom. The fourth-order valence-electron chi connectivity index (χ4n) is 1.98. The van der Waals surface area contributed by atoms with Gasteiger partial charge in [-0.05, 0) is 37.3 Å². The van der Waals surface area contributed by atoms with E-state index in [1.807, 2.05) is 0 Å². The molecule has 0 fully saturated rings. The average Bonchev–Trinajstić information content (AvgIpc) is 2.55. The molecule has 2 aromatic carbocycles. The second kappa shape index (κ2) is 8.10. The van der Waals surface area contributed by atoms with Gasteiger partial charge in [0.1, 0.15) is 23.2 Å². The van der Waals surface area contributed by atoms with Crippen molar-refractivity contribution in [2.45, 2.75) is 17.9 Å². The van der Waals surface area contributed by atoms with Crippen molar-refractivity contribution in [1.29, 1.82) is 0 Å². The van der Waals surface area contributed by atoms with Gasteiger partial charge in [0.25, 0.3) is 0 Å². The summed E-state index contributed by atoms with van der Waals surface area (Å²) >= 11 is 1.25. The molecule has 2 rings (SSSR count). The number of carbonyl (C=O) groups excluding carboxylic acids is 1. The SMILES string of the molecule is COc1ccc(F)cc1CSC(C)C(=O)Nc1ccc(F)cc1F. The number of benzene rings is 2. The predicted molar refractivity (Wildman–Crippen MR) is 88.7 cm³/mol.